The Hall–Kier alpha value is -1.56. The van der Waals surface area contributed by atoms with Crippen LogP contribution in [-0.4, -0.2) is 19.9 Å². The predicted octanol–water partition coefficient (Wildman–Crippen LogP) is 0.993. The number of hydrogen-bond acceptors (Lipinski definition) is 4. The second-order valence-electron chi connectivity index (χ2n) is 3.00. The maximum Gasteiger partial charge on any atom is 0.325 e. The molecule has 0 spiro atoms. The lowest BCUT2D eigenvalue weighted by Gasteiger charge is -2.00. The molecular formula is C8H8N4OS. The van der Waals surface area contributed by atoms with Crippen LogP contribution in [0.3, 0.4) is 0 Å². The van der Waals surface area contributed by atoms with Crippen LogP contribution in [0.4, 0.5) is 0 Å². The minimum Gasteiger partial charge on any atom is -0.296 e. The standard InChI is InChI=1S/C8H8N4OS/c1-3-4(2)10-6-5(9-3)7(14)12-8(13)11-6/h1-2H3,(H2,10,11,12,13,14). The summed E-state index contributed by atoms with van der Waals surface area (Å²) < 4.78 is 0.319. The first-order valence-corrected chi connectivity index (χ1v) is 4.46. The molecule has 2 aromatic rings. The fourth-order valence-corrected chi connectivity index (χ4v) is 1.38. The third-order valence-corrected chi connectivity index (χ3v) is 2.28. The summed E-state index contributed by atoms with van der Waals surface area (Å²) in [7, 11) is 0. The molecule has 0 fully saturated rings. The average Bonchev–Trinajstić information content (AvgIpc) is 2.08. The summed E-state index contributed by atoms with van der Waals surface area (Å²) in [6, 6.07) is 0. The Bertz CT molecular complexity index is 613. The lowest BCUT2D eigenvalue weighted by Crippen LogP contribution is -2.12. The van der Waals surface area contributed by atoms with Crippen LogP contribution in [-0.2, 0) is 0 Å². The van der Waals surface area contributed by atoms with Crippen LogP contribution in [0.1, 0.15) is 11.4 Å². The molecule has 0 saturated heterocycles. The first-order chi connectivity index (χ1) is 6.58. The van der Waals surface area contributed by atoms with E-state index in [0.717, 1.165) is 11.4 Å². The molecule has 0 amide bonds. The monoisotopic (exact) mass is 208 g/mol. The van der Waals surface area contributed by atoms with Gasteiger partial charge in [-0.15, -0.1) is 0 Å². The van der Waals surface area contributed by atoms with Gasteiger partial charge in [0.05, 0.1) is 11.4 Å². The maximum atomic E-state index is 11.1. The van der Waals surface area contributed by atoms with Crippen molar-refractivity contribution in [1.29, 1.82) is 0 Å². The van der Waals surface area contributed by atoms with Gasteiger partial charge in [-0.1, -0.05) is 12.2 Å². The van der Waals surface area contributed by atoms with E-state index in [1.165, 1.54) is 0 Å². The molecule has 2 heterocycles. The lowest BCUT2D eigenvalue weighted by molar-refractivity contribution is 1.02. The van der Waals surface area contributed by atoms with E-state index in [1.807, 2.05) is 13.8 Å². The van der Waals surface area contributed by atoms with Gasteiger partial charge in [0.1, 0.15) is 10.2 Å². The molecule has 0 bridgehead atoms. The van der Waals surface area contributed by atoms with E-state index in [0.29, 0.717) is 15.8 Å². The summed E-state index contributed by atoms with van der Waals surface area (Å²) in [6.07, 6.45) is 0. The van der Waals surface area contributed by atoms with Gasteiger partial charge in [-0.3, -0.25) is 9.97 Å². The SMILES string of the molecule is Cc1nc2[nH]c(=O)[nH]c(=S)c2nc1C. The van der Waals surface area contributed by atoms with E-state index in [2.05, 4.69) is 19.9 Å². The van der Waals surface area contributed by atoms with Crippen LogP contribution in [0.25, 0.3) is 11.2 Å². The Morgan fingerprint density at radius 1 is 1.14 bits per heavy atom. The summed E-state index contributed by atoms with van der Waals surface area (Å²) in [4.78, 5) is 24.5. The average molecular weight is 208 g/mol. The number of H-pyrrole nitrogens is 2. The second-order valence-corrected chi connectivity index (χ2v) is 3.41. The first-order valence-electron chi connectivity index (χ1n) is 4.05. The Labute approximate surface area is 84.2 Å². The first kappa shape index (κ1) is 9.01. The van der Waals surface area contributed by atoms with Gasteiger partial charge in [0.15, 0.2) is 5.65 Å². The highest BCUT2D eigenvalue weighted by molar-refractivity contribution is 7.71. The van der Waals surface area contributed by atoms with Crippen LogP contribution in [0.15, 0.2) is 4.79 Å². The fourth-order valence-electron chi connectivity index (χ4n) is 1.15. The van der Waals surface area contributed by atoms with Gasteiger partial charge in [-0.2, -0.15) is 0 Å². The topological polar surface area (TPSA) is 74.4 Å². The Kier molecular flexibility index (Phi) is 1.92. The molecule has 14 heavy (non-hydrogen) atoms. The maximum absolute atomic E-state index is 11.1. The van der Waals surface area contributed by atoms with Crippen molar-refractivity contribution in [1.82, 2.24) is 19.9 Å². The van der Waals surface area contributed by atoms with Gasteiger partial charge in [0.25, 0.3) is 0 Å². The largest absolute Gasteiger partial charge is 0.325 e. The zero-order valence-corrected chi connectivity index (χ0v) is 8.53. The quantitative estimate of drug-likeness (QED) is 0.633. The van der Waals surface area contributed by atoms with Crippen molar-refractivity contribution in [2.24, 2.45) is 0 Å². The van der Waals surface area contributed by atoms with E-state index in [4.69, 9.17) is 12.2 Å². The van der Waals surface area contributed by atoms with E-state index >= 15 is 0 Å². The Balaban J connectivity index is 3.03. The zero-order valence-electron chi connectivity index (χ0n) is 7.71. The van der Waals surface area contributed by atoms with Crippen LogP contribution in [0, 0.1) is 18.5 Å². The molecule has 0 radical (unpaired) electrons. The van der Waals surface area contributed by atoms with E-state index in [9.17, 15) is 4.79 Å². The third-order valence-electron chi connectivity index (χ3n) is 1.98. The van der Waals surface area contributed by atoms with Crippen molar-refractivity contribution in [3.63, 3.8) is 0 Å². The number of aromatic amines is 2. The van der Waals surface area contributed by atoms with Crippen LogP contribution in [0.2, 0.25) is 0 Å². The number of nitrogens with one attached hydrogen (secondary N) is 2. The summed E-state index contributed by atoms with van der Waals surface area (Å²) in [5, 5.41) is 0. The van der Waals surface area contributed by atoms with Crippen LogP contribution < -0.4 is 5.69 Å². The van der Waals surface area contributed by atoms with Gasteiger partial charge in [0.2, 0.25) is 0 Å². The molecule has 2 N–H and O–H groups in total. The van der Waals surface area contributed by atoms with Crippen LogP contribution >= 0.6 is 12.2 Å². The molecule has 2 aromatic heterocycles. The minimum atomic E-state index is -0.361. The number of nitrogens with zero attached hydrogens (tertiary/aromatic N) is 2. The minimum absolute atomic E-state index is 0.319. The van der Waals surface area contributed by atoms with Crippen molar-refractivity contribution in [3.05, 3.63) is 26.5 Å². The molecule has 0 aliphatic heterocycles. The molecular weight excluding hydrogens is 200 g/mol. The normalized spacial score (nSPS) is 10.7. The van der Waals surface area contributed by atoms with Crippen molar-refractivity contribution in [3.8, 4) is 0 Å². The van der Waals surface area contributed by atoms with E-state index in [-0.39, 0.29) is 5.69 Å². The lowest BCUT2D eigenvalue weighted by atomic mass is 10.3. The fraction of sp³-hybridized carbons (Fsp3) is 0.250. The zero-order chi connectivity index (χ0) is 10.3. The predicted molar refractivity (Wildman–Crippen MR) is 54.8 cm³/mol. The number of aromatic nitrogens is 4. The highest BCUT2D eigenvalue weighted by Crippen LogP contribution is 2.07. The number of aryl methyl sites for hydroxylation is 2. The van der Waals surface area contributed by atoms with E-state index < -0.39 is 0 Å². The van der Waals surface area contributed by atoms with Crippen molar-refractivity contribution in [2.45, 2.75) is 13.8 Å². The second kappa shape index (κ2) is 2.98. The molecule has 5 nitrogen and oxygen atoms in total. The number of hydrogen-bond donors (Lipinski definition) is 2. The smallest absolute Gasteiger partial charge is 0.296 e. The van der Waals surface area contributed by atoms with Gasteiger partial charge in [0, 0.05) is 0 Å². The van der Waals surface area contributed by atoms with Gasteiger partial charge < -0.3 is 0 Å². The molecule has 0 atom stereocenters. The molecule has 2 rings (SSSR count). The van der Waals surface area contributed by atoms with E-state index in [1.54, 1.807) is 0 Å². The van der Waals surface area contributed by atoms with Gasteiger partial charge in [-0.25, -0.2) is 14.8 Å². The summed E-state index contributed by atoms with van der Waals surface area (Å²) in [6.45, 7) is 3.68. The highest BCUT2D eigenvalue weighted by Gasteiger charge is 2.03. The summed E-state index contributed by atoms with van der Waals surface area (Å²) in [5.74, 6) is 0. The molecule has 0 aromatic carbocycles. The molecule has 0 unspecified atom stereocenters. The summed E-state index contributed by atoms with van der Waals surface area (Å²) >= 11 is 4.97. The van der Waals surface area contributed by atoms with Gasteiger partial charge in [-0.05, 0) is 13.8 Å². The van der Waals surface area contributed by atoms with Gasteiger partial charge >= 0.3 is 5.69 Å². The molecule has 0 aliphatic carbocycles. The molecule has 72 valence electrons. The number of rotatable bonds is 0. The number of fused-ring (bicyclic) bond motifs is 1. The van der Waals surface area contributed by atoms with Crippen molar-refractivity contribution < 1.29 is 0 Å². The molecule has 6 heteroatoms. The third kappa shape index (κ3) is 1.33. The molecule has 0 saturated carbocycles. The van der Waals surface area contributed by atoms with Crippen molar-refractivity contribution in [2.75, 3.05) is 0 Å². The highest BCUT2D eigenvalue weighted by atomic mass is 32.1. The Morgan fingerprint density at radius 2 is 1.79 bits per heavy atom. The van der Waals surface area contributed by atoms with Crippen LogP contribution in [0.5, 0.6) is 0 Å². The summed E-state index contributed by atoms with van der Waals surface area (Å²) in [5.41, 5.74) is 2.20. The molecule has 0 aliphatic rings. The Morgan fingerprint density at radius 3 is 2.50 bits per heavy atom. The van der Waals surface area contributed by atoms with Crippen molar-refractivity contribution >= 4 is 23.4 Å².